The summed E-state index contributed by atoms with van der Waals surface area (Å²) in [6.45, 7) is 4.47. The molecule has 0 saturated carbocycles. The van der Waals surface area contributed by atoms with Crippen LogP contribution in [-0.4, -0.2) is 4.98 Å². The summed E-state index contributed by atoms with van der Waals surface area (Å²) in [7, 11) is 0. The molecular weight excluding hydrogens is 285 g/mol. The first-order valence-electron chi connectivity index (χ1n) is 8.37. The van der Waals surface area contributed by atoms with Crippen LogP contribution in [0.25, 0.3) is 22.0 Å². The van der Waals surface area contributed by atoms with Gasteiger partial charge in [0.2, 0.25) is 0 Å². The molecule has 0 N–H and O–H groups in total. The second kappa shape index (κ2) is 6.91. The van der Waals surface area contributed by atoms with E-state index in [2.05, 4.69) is 43.1 Å². The molecule has 3 aromatic rings. The first kappa shape index (κ1) is 15.7. The Balaban J connectivity index is 1.98. The monoisotopic (exact) mass is 307 g/mol. The Labute approximate surface area is 137 Å². The van der Waals surface area contributed by atoms with Crippen LogP contribution in [0, 0.1) is 5.82 Å². The minimum atomic E-state index is -0.219. The van der Waals surface area contributed by atoms with Gasteiger partial charge >= 0.3 is 0 Å². The van der Waals surface area contributed by atoms with E-state index in [0.29, 0.717) is 5.92 Å². The number of hydrogen-bond acceptors (Lipinski definition) is 1. The highest BCUT2D eigenvalue weighted by molar-refractivity contribution is 5.84. The van der Waals surface area contributed by atoms with Crippen molar-refractivity contribution >= 4 is 10.9 Å². The van der Waals surface area contributed by atoms with Crippen molar-refractivity contribution in [2.24, 2.45) is 0 Å². The van der Waals surface area contributed by atoms with Crippen molar-refractivity contribution in [3.63, 3.8) is 0 Å². The van der Waals surface area contributed by atoms with Crippen LogP contribution in [-0.2, 0) is 0 Å². The summed E-state index contributed by atoms with van der Waals surface area (Å²) in [5, 5.41) is 1.10. The first-order chi connectivity index (χ1) is 11.2. The number of hydrogen-bond donors (Lipinski definition) is 0. The van der Waals surface area contributed by atoms with Crippen LogP contribution in [0.3, 0.4) is 0 Å². The number of nitrogens with zero attached hydrogens (tertiary/aromatic N) is 1. The van der Waals surface area contributed by atoms with Gasteiger partial charge in [-0.1, -0.05) is 44.5 Å². The Kier molecular flexibility index (Phi) is 4.71. The van der Waals surface area contributed by atoms with Gasteiger partial charge in [-0.2, -0.15) is 0 Å². The maximum atomic E-state index is 13.4. The molecule has 2 aromatic carbocycles. The van der Waals surface area contributed by atoms with Crippen molar-refractivity contribution in [1.82, 2.24) is 4.98 Å². The molecule has 0 fully saturated rings. The van der Waals surface area contributed by atoms with E-state index in [1.54, 1.807) is 12.1 Å². The smallest absolute Gasteiger partial charge is 0.123 e. The van der Waals surface area contributed by atoms with Crippen LogP contribution in [0.5, 0.6) is 0 Å². The highest BCUT2D eigenvalue weighted by Gasteiger charge is 2.10. The van der Waals surface area contributed by atoms with Gasteiger partial charge in [-0.25, -0.2) is 4.39 Å². The van der Waals surface area contributed by atoms with Crippen molar-refractivity contribution in [3.05, 3.63) is 66.1 Å². The Morgan fingerprint density at radius 1 is 1.00 bits per heavy atom. The average Bonchev–Trinajstić information content (AvgIpc) is 2.59. The minimum absolute atomic E-state index is 0.219. The molecule has 1 nitrogen and oxygen atoms in total. The average molecular weight is 307 g/mol. The van der Waals surface area contributed by atoms with Crippen molar-refractivity contribution in [2.45, 2.75) is 39.0 Å². The summed E-state index contributed by atoms with van der Waals surface area (Å²) in [6.07, 6.45) is 5.40. The summed E-state index contributed by atoms with van der Waals surface area (Å²) >= 11 is 0. The zero-order chi connectivity index (χ0) is 16.2. The van der Waals surface area contributed by atoms with E-state index >= 15 is 0 Å². The summed E-state index contributed by atoms with van der Waals surface area (Å²) in [6, 6.07) is 15.3. The molecule has 1 heterocycles. The Hall–Kier alpha value is -2.22. The number of halogens is 1. The van der Waals surface area contributed by atoms with E-state index in [0.717, 1.165) is 28.5 Å². The normalized spacial score (nSPS) is 12.5. The Morgan fingerprint density at radius 3 is 2.61 bits per heavy atom. The molecule has 0 spiro atoms. The maximum Gasteiger partial charge on any atom is 0.123 e. The molecule has 0 aliphatic carbocycles. The SMILES string of the molecule is CCCC(CC)c1ccc2cc(-c3cccc(F)c3)cnc2c1. The first-order valence-corrected chi connectivity index (χ1v) is 8.37. The number of aromatic nitrogens is 1. The molecule has 0 aliphatic heterocycles. The molecule has 23 heavy (non-hydrogen) atoms. The van der Waals surface area contributed by atoms with Crippen LogP contribution < -0.4 is 0 Å². The van der Waals surface area contributed by atoms with Gasteiger partial charge in [0.25, 0.3) is 0 Å². The van der Waals surface area contributed by atoms with Crippen LogP contribution in [0.15, 0.2) is 54.7 Å². The summed E-state index contributed by atoms with van der Waals surface area (Å²) in [5.41, 5.74) is 4.19. The third-order valence-corrected chi connectivity index (χ3v) is 4.47. The number of rotatable bonds is 5. The summed E-state index contributed by atoms with van der Waals surface area (Å²) < 4.78 is 13.4. The number of pyridine rings is 1. The van der Waals surface area contributed by atoms with Crippen LogP contribution >= 0.6 is 0 Å². The van der Waals surface area contributed by atoms with E-state index in [1.165, 1.54) is 24.5 Å². The third kappa shape index (κ3) is 3.42. The Morgan fingerprint density at radius 2 is 1.87 bits per heavy atom. The van der Waals surface area contributed by atoms with E-state index in [4.69, 9.17) is 0 Å². The molecule has 1 unspecified atom stereocenters. The van der Waals surface area contributed by atoms with E-state index in [9.17, 15) is 4.39 Å². The molecule has 1 aromatic heterocycles. The summed E-state index contributed by atoms with van der Waals surface area (Å²) in [4.78, 5) is 4.60. The predicted molar refractivity (Wildman–Crippen MR) is 95.1 cm³/mol. The van der Waals surface area contributed by atoms with Crippen molar-refractivity contribution in [3.8, 4) is 11.1 Å². The Bertz CT molecular complexity index is 810. The second-order valence-corrected chi connectivity index (χ2v) is 6.08. The maximum absolute atomic E-state index is 13.4. The summed E-state index contributed by atoms with van der Waals surface area (Å²) in [5.74, 6) is 0.386. The molecule has 0 bridgehead atoms. The van der Waals surface area contributed by atoms with Crippen molar-refractivity contribution in [2.75, 3.05) is 0 Å². The fourth-order valence-corrected chi connectivity index (χ4v) is 3.17. The van der Waals surface area contributed by atoms with Gasteiger partial charge in [0.05, 0.1) is 5.52 Å². The lowest BCUT2D eigenvalue weighted by Crippen LogP contribution is -1.97. The lowest BCUT2D eigenvalue weighted by molar-refractivity contribution is 0.596. The van der Waals surface area contributed by atoms with Crippen LogP contribution in [0.4, 0.5) is 4.39 Å². The standard InChI is InChI=1S/C21H22FN/c1-3-6-15(4-2)17-9-10-18-11-19(14-23-21(18)13-17)16-7-5-8-20(22)12-16/h5,7-15H,3-4,6H2,1-2H3. The van der Waals surface area contributed by atoms with E-state index in [1.807, 2.05) is 12.3 Å². The van der Waals surface area contributed by atoms with Crippen molar-refractivity contribution < 1.29 is 4.39 Å². The third-order valence-electron chi connectivity index (χ3n) is 4.47. The lowest BCUT2D eigenvalue weighted by atomic mass is 9.91. The van der Waals surface area contributed by atoms with Gasteiger partial charge in [0, 0.05) is 17.1 Å². The molecule has 0 amide bonds. The molecule has 0 radical (unpaired) electrons. The van der Waals surface area contributed by atoms with Gasteiger partial charge < -0.3 is 0 Å². The number of fused-ring (bicyclic) bond motifs is 1. The van der Waals surface area contributed by atoms with Gasteiger partial charge in [-0.3, -0.25) is 4.98 Å². The molecule has 1 atom stereocenters. The number of benzene rings is 2. The molecule has 0 saturated heterocycles. The van der Waals surface area contributed by atoms with E-state index in [-0.39, 0.29) is 5.82 Å². The van der Waals surface area contributed by atoms with Gasteiger partial charge in [0.15, 0.2) is 0 Å². The molecule has 118 valence electrons. The minimum Gasteiger partial charge on any atom is -0.256 e. The van der Waals surface area contributed by atoms with Crippen LogP contribution in [0.1, 0.15) is 44.6 Å². The predicted octanol–water partition coefficient (Wildman–Crippen LogP) is 6.33. The fraction of sp³-hybridized carbons (Fsp3) is 0.286. The van der Waals surface area contributed by atoms with Gasteiger partial charge in [-0.15, -0.1) is 0 Å². The highest BCUT2D eigenvalue weighted by Crippen LogP contribution is 2.29. The van der Waals surface area contributed by atoms with Crippen molar-refractivity contribution in [1.29, 1.82) is 0 Å². The van der Waals surface area contributed by atoms with E-state index < -0.39 is 0 Å². The highest BCUT2D eigenvalue weighted by atomic mass is 19.1. The van der Waals surface area contributed by atoms with Gasteiger partial charge in [-0.05, 0) is 54.2 Å². The zero-order valence-electron chi connectivity index (χ0n) is 13.7. The topological polar surface area (TPSA) is 12.9 Å². The fourth-order valence-electron chi connectivity index (χ4n) is 3.17. The lowest BCUT2D eigenvalue weighted by Gasteiger charge is -2.15. The van der Waals surface area contributed by atoms with Gasteiger partial charge in [0.1, 0.15) is 5.82 Å². The largest absolute Gasteiger partial charge is 0.256 e. The molecule has 2 heteroatoms. The zero-order valence-corrected chi connectivity index (χ0v) is 13.7. The quantitative estimate of drug-likeness (QED) is 0.536. The second-order valence-electron chi connectivity index (χ2n) is 6.08. The molecule has 3 rings (SSSR count). The molecule has 0 aliphatic rings. The molecular formula is C21H22FN. The van der Waals surface area contributed by atoms with Crippen LogP contribution in [0.2, 0.25) is 0 Å².